The van der Waals surface area contributed by atoms with Crippen molar-refractivity contribution in [3.05, 3.63) is 69.7 Å². The highest BCUT2D eigenvalue weighted by Gasteiger charge is 2.47. The van der Waals surface area contributed by atoms with Gasteiger partial charge in [0.05, 0.1) is 0 Å². The molecule has 0 amide bonds. The minimum Gasteiger partial charge on any atom is -0.461 e. The van der Waals surface area contributed by atoms with Crippen molar-refractivity contribution >= 4 is 45.1 Å². The lowest BCUT2D eigenvalue weighted by Crippen LogP contribution is -2.45. The van der Waals surface area contributed by atoms with Crippen LogP contribution in [0.5, 0.6) is 0 Å². The second-order valence-corrected chi connectivity index (χ2v) is 7.16. The minimum absolute atomic E-state index is 0.0878. The zero-order chi connectivity index (χ0) is 16.4. The van der Waals surface area contributed by atoms with Gasteiger partial charge in [-0.25, -0.2) is 0 Å². The molecule has 5 heteroatoms. The van der Waals surface area contributed by atoms with Gasteiger partial charge in [-0.05, 0) is 48.2 Å². The number of benzene rings is 2. The van der Waals surface area contributed by atoms with Gasteiger partial charge in [-0.3, -0.25) is 4.79 Å². The third kappa shape index (κ3) is 3.15. The number of halogens is 3. The number of esters is 1. The lowest BCUT2D eigenvalue weighted by molar-refractivity contribution is -0.159. The van der Waals surface area contributed by atoms with E-state index in [1.54, 1.807) is 24.3 Å². The molecule has 0 aromatic heterocycles. The second-order valence-electron chi connectivity index (χ2n) is 5.64. The Bertz CT molecular complexity index is 652. The summed E-state index contributed by atoms with van der Waals surface area (Å²) in [6.07, 6.45) is 1.39. The summed E-state index contributed by atoms with van der Waals surface area (Å²) in [5.41, 5.74) is 0.970. The topological polar surface area (TPSA) is 26.3 Å². The van der Waals surface area contributed by atoms with Crippen molar-refractivity contribution in [3.8, 4) is 0 Å². The van der Waals surface area contributed by atoms with Gasteiger partial charge >= 0.3 is 5.97 Å². The number of carbonyl (C=O) groups is 1. The van der Waals surface area contributed by atoms with Crippen molar-refractivity contribution in [2.75, 3.05) is 5.33 Å². The number of alkyl halides is 1. The molecule has 120 valence electrons. The number of rotatable bonds is 3. The van der Waals surface area contributed by atoms with Crippen LogP contribution < -0.4 is 0 Å². The first-order valence-corrected chi connectivity index (χ1v) is 9.23. The van der Waals surface area contributed by atoms with E-state index in [0.717, 1.165) is 17.5 Å². The molecule has 2 aromatic carbocycles. The van der Waals surface area contributed by atoms with Crippen LogP contribution in [0.15, 0.2) is 48.5 Å². The van der Waals surface area contributed by atoms with Gasteiger partial charge in [0, 0.05) is 15.4 Å². The quantitative estimate of drug-likeness (QED) is 0.498. The van der Waals surface area contributed by atoms with E-state index in [1.165, 1.54) is 0 Å². The average Bonchev–Trinajstić information content (AvgIpc) is 2.57. The largest absolute Gasteiger partial charge is 0.461 e. The third-order valence-electron chi connectivity index (χ3n) is 4.31. The highest BCUT2D eigenvalue weighted by Crippen LogP contribution is 2.42. The lowest BCUT2D eigenvalue weighted by atomic mass is 9.69. The number of cyclic esters (lactones) is 1. The highest BCUT2D eigenvalue weighted by molar-refractivity contribution is 9.09. The Morgan fingerprint density at radius 3 is 1.87 bits per heavy atom. The van der Waals surface area contributed by atoms with Gasteiger partial charge in [-0.2, -0.15) is 0 Å². The van der Waals surface area contributed by atoms with Crippen molar-refractivity contribution < 1.29 is 9.53 Å². The van der Waals surface area contributed by atoms with E-state index in [4.69, 9.17) is 27.9 Å². The summed E-state index contributed by atoms with van der Waals surface area (Å²) in [5.74, 6) is -0.224. The molecule has 0 N–H and O–H groups in total. The molecule has 1 fully saturated rings. The maximum atomic E-state index is 12.9. The van der Waals surface area contributed by atoms with Crippen LogP contribution in [0.4, 0.5) is 0 Å². The molecule has 2 aromatic rings. The standard InChI is InChI=1S/C18H15BrCl2O2/c19-11-16-9-10-18(17(22)23-16,12-1-5-14(20)6-2-12)13-3-7-15(21)8-4-13/h1-8,16H,9-11H2/t16-/m1/s1. The fourth-order valence-corrected chi connectivity index (χ4v) is 3.77. The molecule has 2 nitrogen and oxygen atoms in total. The molecule has 0 spiro atoms. The normalized spacial score (nSPS) is 20.1. The first kappa shape index (κ1) is 16.8. The van der Waals surface area contributed by atoms with E-state index in [1.807, 2.05) is 24.3 Å². The van der Waals surface area contributed by atoms with Crippen molar-refractivity contribution in [1.29, 1.82) is 0 Å². The zero-order valence-electron chi connectivity index (χ0n) is 12.3. The Morgan fingerprint density at radius 1 is 1.00 bits per heavy atom. The number of carbonyl (C=O) groups excluding carboxylic acids is 1. The first-order chi connectivity index (χ1) is 11.1. The van der Waals surface area contributed by atoms with Crippen LogP contribution in [-0.2, 0) is 14.9 Å². The van der Waals surface area contributed by atoms with Gasteiger partial charge in [0.1, 0.15) is 11.5 Å². The third-order valence-corrected chi connectivity index (χ3v) is 5.54. The SMILES string of the molecule is O=C1O[C@@H](CBr)CCC1(c1ccc(Cl)cc1)c1ccc(Cl)cc1. The highest BCUT2D eigenvalue weighted by atomic mass is 79.9. The summed E-state index contributed by atoms with van der Waals surface area (Å²) in [4.78, 5) is 12.9. The predicted octanol–water partition coefficient (Wildman–Crippen LogP) is 5.38. The molecule has 0 aliphatic carbocycles. The molecule has 1 heterocycles. The van der Waals surface area contributed by atoms with Crippen molar-refractivity contribution in [2.24, 2.45) is 0 Å². The Hall–Kier alpha value is -1.03. The fourth-order valence-electron chi connectivity index (χ4n) is 3.06. The first-order valence-electron chi connectivity index (χ1n) is 7.35. The van der Waals surface area contributed by atoms with E-state index in [-0.39, 0.29) is 12.1 Å². The zero-order valence-corrected chi connectivity index (χ0v) is 15.4. The minimum atomic E-state index is -0.812. The number of hydrogen-bond donors (Lipinski definition) is 0. The summed E-state index contributed by atoms with van der Waals surface area (Å²) in [5, 5.41) is 1.93. The predicted molar refractivity (Wildman–Crippen MR) is 96.6 cm³/mol. The molecule has 1 aliphatic heterocycles. The van der Waals surface area contributed by atoms with Crippen LogP contribution in [0.2, 0.25) is 10.0 Å². The van der Waals surface area contributed by atoms with E-state index >= 15 is 0 Å². The molecular weight excluding hydrogens is 399 g/mol. The van der Waals surface area contributed by atoms with Gasteiger partial charge < -0.3 is 4.74 Å². The second kappa shape index (κ2) is 6.84. The lowest BCUT2D eigenvalue weighted by Gasteiger charge is -2.39. The van der Waals surface area contributed by atoms with Crippen LogP contribution in [0.25, 0.3) is 0 Å². The molecule has 0 unspecified atom stereocenters. The van der Waals surface area contributed by atoms with Crippen molar-refractivity contribution in [2.45, 2.75) is 24.4 Å². The molecule has 0 radical (unpaired) electrons. The molecule has 23 heavy (non-hydrogen) atoms. The molecule has 1 aliphatic rings. The average molecular weight is 414 g/mol. The molecule has 0 saturated carbocycles. The molecule has 3 rings (SSSR count). The van der Waals surface area contributed by atoms with Crippen LogP contribution in [0, 0.1) is 0 Å². The summed E-state index contributed by atoms with van der Waals surface area (Å²) in [6, 6.07) is 14.8. The summed E-state index contributed by atoms with van der Waals surface area (Å²) in [6.45, 7) is 0. The Morgan fingerprint density at radius 2 is 1.48 bits per heavy atom. The van der Waals surface area contributed by atoms with Crippen molar-refractivity contribution in [1.82, 2.24) is 0 Å². The maximum absolute atomic E-state index is 12.9. The Labute approximate surface area is 153 Å². The van der Waals surface area contributed by atoms with Gasteiger partial charge in [0.15, 0.2) is 0 Å². The van der Waals surface area contributed by atoms with E-state index in [0.29, 0.717) is 21.8 Å². The van der Waals surface area contributed by atoms with Crippen LogP contribution in [0.1, 0.15) is 24.0 Å². The Kier molecular flexibility index (Phi) is 5.00. The van der Waals surface area contributed by atoms with Crippen LogP contribution in [-0.4, -0.2) is 17.4 Å². The number of ether oxygens (including phenoxy) is 1. The molecule has 0 bridgehead atoms. The van der Waals surface area contributed by atoms with Crippen LogP contribution >= 0.6 is 39.1 Å². The fraction of sp³-hybridized carbons (Fsp3) is 0.278. The van der Waals surface area contributed by atoms with Gasteiger partial charge in [0.25, 0.3) is 0 Å². The van der Waals surface area contributed by atoms with Crippen molar-refractivity contribution in [3.63, 3.8) is 0 Å². The van der Waals surface area contributed by atoms with E-state index in [9.17, 15) is 4.79 Å². The maximum Gasteiger partial charge on any atom is 0.321 e. The molecule has 1 atom stereocenters. The summed E-state index contributed by atoms with van der Waals surface area (Å²) < 4.78 is 5.67. The molecule has 1 saturated heterocycles. The van der Waals surface area contributed by atoms with E-state index < -0.39 is 5.41 Å². The smallest absolute Gasteiger partial charge is 0.321 e. The van der Waals surface area contributed by atoms with Gasteiger partial charge in [-0.1, -0.05) is 63.4 Å². The van der Waals surface area contributed by atoms with Crippen LogP contribution in [0.3, 0.4) is 0 Å². The van der Waals surface area contributed by atoms with Gasteiger partial charge in [0.2, 0.25) is 0 Å². The summed E-state index contributed by atoms with van der Waals surface area (Å²) in [7, 11) is 0. The Balaban J connectivity index is 2.12. The van der Waals surface area contributed by atoms with E-state index in [2.05, 4.69) is 15.9 Å². The van der Waals surface area contributed by atoms with Gasteiger partial charge in [-0.15, -0.1) is 0 Å². The number of hydrogen-bond acceptors (Lipinski definition) is 2. The molecular formula is C18H15BrCl2O2. The monoisotopic (exact) mass is 412 g/mol. The summed E-state index contributed by atoms with van der Waals surface area (Å²) >= 11 is 15.4.